The molecule has 1 N–H and O–H groups in total. The highest BCUT2D eigenvalue weighted by molar-refractivity contribution is 5.74. The van der Waals surface area contributed by atoms with Crippen LogP contribution in [0.1, 0.15) is 5.56 Å². The third kappa shape index (κ3) is 1.69. The van der Waals surface area contributed by atoms with Gasteiger partial charge in [0, 0.05) is 6.42 Å². The summed E-state index contributed by atoms with van der Waals surface area (Å²) in [5.74, 6) is 0.311. The number of benzene rings is 1. The van der Waals surface area contributed by atoms with Crippen LogP contribution in [-0.4, -0.2) is 11.3 Å². The highest BCUT2D eigenvalue weighted by atomic mass is 16.3. The van der Waals surface area contributed by atoms with Gasteiger partial charge in [0.15, 0.2) is 0 Å². The van der Waals surface area contributed by atoms with Crippen molar-refractivity contribution in [1.29, 1.82) is 0 Å². The molecule has 0 spiro atoms. The summed E-state index contributed by atoms with van der Waals surface area (Å²) >= 11 is 0. The number of allylic oxidation sites excluding steroid dienone is 2. The monoisotopic (exact) mass is 173 g/mol. The van der Waals surface area contributed by atoms with E-state index in [4.69, 9.17) is 0 Å². The molecule has 1 aliphatic rings. The zero-order valence-electron chi connectivity index (χ0n) is 7.01. The molecular formula is C10H9N2O. The smallest absolute Gasteiger partial charge is 0.119 e. The summed E-state index contributed by atoms with van der Waals surface area (Å²) in [4.78, 5) is 0. The van der Waals surface area contributed by atoms with Crippen molar-refractivity contribution < 1.29 is 5.11 Å². The third-order valence-corrected chi connectivity index (χ3v) is 1.88. The first-order chi connectivity index (χ1) is 6.36. The van der Waals surface area contributed by atoms with E-state index >= 15 is 0 Å². The molecule has 0 saturated heterocycles. The second-order valence-electron chi connectivity index (χ2n) is 2.83. The number of phenols is 1. The molecular weight excluding hydrogens is 164 g/mol. The van der Waals surface area contributed by atoms with E-state index in [0.29, 0.717) is 12.2 Å². The Morgan fingerprint density at radius 2 is 2.08 bits per heavy atom. The zero-order chi connectivity index (χ0) is 9.10. The highest BCUT2D eigenvalue weighted by Gasteiger charge is 2.06. The Labute approximate surface area is 76.4 Å². The Hall–Kier alpha value is -1.77. The van der Waals surface area contributed by atoms with Gasteiger partial charge < -0.3 is 5.11 Å². The number of hydrogen-bond acceptors (Lipinski definition) is 2. The topological polar surface area (TPSA) is 46.7 Å². The van der Waals surface area contributed by atoms with E-state index in [9.17, 15) is 5.11 Å². The van der Waals surface area contributed by atoms with Crippen molar-refractivity contribution in [3.05, 3.63) is 41.6 Å². The minimum atomic E-state index is 0.311. The van der Waals surface area contributed by atoms with Gasteiger partial charge in [-0.05, 0) is 17.7 Å². The third-order valence-electron chi connectivity index (χ3n) is 1.88. The van der Waals surface area contributed by atoms with Crippen molar-refractivity contribution in [2.45, 2.75) is 6.42 Å². The van der Waals surface area contributed by atoms with Gasteiger partial charge in [-0.1, -0.05) is 18.2 Å². The molecule has 1 aliphatic heterocycles. The van der Waals surface area contributed by atoms with E-state index in [2.05, 4.69) is 10.5 Å². The van der Waals surface area contributed by atoms with Crippen LogP contribution in [0.15, 0.2) is 41.1 Å². The van der Waals surface area contributed by atoms with Gasteiger partial charge in [0.1, 0.15) is 5.75 Å². The summed E-state index contributed by atoms with van der Waals surface area (Å²) in [6, 6.07) is 7.25. The van der Waals surface area contributed by atoms with Gasteiger partial charge in [0.25, 0.3) is 0 Å². The number of para-hydroxylation sites is 1. The minimum Gasteiger partial charge on any atom is -0.508 e. The Morgan fingerprint density at radius 3 is 2.77 bits per heavy atom. The molecule has 0 amide bonds. The van der Waals surface area contributed by atoms with Crippen LogP contribution in [0.4, 0.5) is 0 Å². The van der Waals surface area contributed by atoms with Crippen LogP contribution in [0.5, 0.6) is 5.75 Å². The Kier molecular flexibility index (Phi) is 2.00. The van der Waals surface area contributed by atoms with Gasteiger partial charge in [0.05, 0.1) is 11.9 Å². The molecule has 3 nitrogen and oxygen atoms in total. The number of aromatic hydroxyl groups is 1. The summed E-state index contributed by atoms with van der Waals surface area (Å²) < 4.78 is 0. The van der Waals surface area contributed by atoms with Crippen LogP contribution < -0.4 is 5.43 Å². The molecule has 1 heterocycles. The number of nitrogens with zero attached hydrogens (tertiary/aromatic N) is 2. The van der Waals surface area contributed by atoms with E-state index in [-0.39, 0.29) is 0 Å². The Balaban J connectivity index is 2.14. The van der Waals surface area contributed by atoms with Crippen molar-refractivity contribution in [2.75, 3.05) is 0 Å². The van der Waals surface area contributed by atoms with Gasteiger partial charge in [-0.2, -0.15) is 10.5 Å². The van der Waals surface area contributed by atoms with Gasteiger partial charge in [-0.3, -0.25) is 0 Å². The van der Waals surface area contributed by atoms with Gasteiger partial charge in [0.2, 0.25) is 0 Å². The molecule has 0 fully saturated rings. The molecule has 0 aliphatic carbocycles. The summed E-state index contributed by atoms with van der Waals surface area (Å²) in [5.41, 5.74) is 5.65. The lowest BCUT2D eigenvalue weighted by Crippen LogP contribution is -1.96. The average molecular weight is 173 g/mol. The molecule has 0 aromatic heterocycles. The number of hydrogen-bond donors (Lipinski definition) is 1. The molecule has 0 bridgehead atoms. The van der Waals surface area contributed by atoms with Crippen molar-refractivity contribution in [2.24, 2.45) is 5.10 Å². The lowest BCUT2D eigenvalue weighted by atomic mass is 10.1. The van der Waals surface area contributed by atoms with Crippen molar-refractivity contribution in [3.8, 4) is 5.75 Å². The van der Waals surface area contributed by atoms with E-state index in [1.165, 1.54) is 0 Å². The van der Waals surface area contributed by atoms with Gasteiger partial charge in [-0.25, -0.2) is 0 Å². The zero-order valence-corrected chi connectivity index (χ0v) is 7.01. The molecule has 2 rings (SSSR count). The highest BCUT2D eigenvalue weighted by Crippen LogP contribution is 2.19. The molecule has 1 aromatic carbocycles. The number of rotatable bonds is 2. The van der Waals surface area contributed by atoms with Gasteiger partial charge >= 0.3 is 0 Å². The Morgan fingerprint density at radius 1 is 1.23 bits per heavy atom. The van der Waals surface area contributed by atoms with E-state index < -0.39 is 0 Å². The maximum atomic E-state index is 9.46. The van der Waals surface area contributed by atoms with E-state index in [0.717, 1.165) is 11.3 Å². The summed E-state index contributed by atoms with van der Waals surface area (Å²) in [6.07, 6.45) is 4.12. The van der Waals surface area contributed by atoms with E-state index in [1.54, 1.807) is 18.3 Å². The second kappa shape index (κ2) is 3.31. The van der Waals surface area contributed by atoms with Crippen LogP contribution in [0, 0.1) is 0 Å². The molecule has 65 valence electrons. The van der Waals surface area contributed by atoms with Crippen molar-refractivity contribution >= 4 is 6.21 Å². The molecule has 0 saturated carbocycles. The van der Waals surface area contributed by atoms with Crippen LogP contribution in [0.25, 0.3) is 0 Å². The first-order valence-electron chi connectivity index (χ1n) is 4.06. The predicted molar refractivity (Wildman–Crippen MR) is 50.5 cm³/mol. The summed E-state index contributed by atoms with van der Waals surface area (Å²) in [5, 5.41) is 13.2. The lowest BCUT2D eigenvalue weighted by Gasteiger charge is -2.02. The normalized spacial score (nSPS) is 14.0. The van der Waals surface area contributed by atoms with E-state index in [1.807, 2.05) is 18.2 Å². The maximum Gasteiger partial charge on any atom is 0.119 e. The molecule has 1 radical (unpaired) electrons. The summed E-state index contributed by atoms with van der Waals surface area (Å²) in [6.45, 7) is 0. The summed E-state index contributed by atoms with van der Waals surface area (Å²) in [7, 11) is 0. The number of phenolic OH excluding ortho intramolecular Hbond substituents is 1. The average Bonchev–Trinajstić information content (AvgIpc) is 2.61. The molecule has 0 unspecified atom stereocenters. The van der Waals surface area contributed by atoms with Crippen molar-refractivity contribution in [3.63, 3.8) is 0 Å². The Bertz CT molecular complexity index is 369. The first kappa shape index (κ1) is 7.86. The molecule has 13 heavy (non-hydrogen) atoms. The SMILES string of the molecule is Oc1ccccc1CC1=CC=N[N]1. The van der Waals surface area contributed by atoms with Crippen LogP contribution in [0.2, 0.25) is 0 Å². The molecule has 3 heteroatoms. The largest absolute Gasteiger partial charge is 0.508 e. The van der Waals surface area contributed by atoms with Crippen molar-refractivity contribution in [1.82, 2.24) is 5.43 Å². The van der Waals surface area contributed by atoms with Crippen LogP contribution >= 0.6 is 0 Å². The fourth-order valence-corrected chi connectivity index (χ4v) is 1.21. The molecule has 0 atom stereocenters. The lowest BCUT2D eigenvalue weighted by molar-refractivity contribution is 0.469. The molecule has 1 aromatic rings. The quantitative estimate of drug-likeness (QED) is 0.722. The predicted octanol–water partition coefficient (Wildman–Crippen LogP) is 1.42. The standard InChI is InChI=1S/C10H9N2O/c13-10-4-2-1-3-8(10)7-9-5-6-11-12-9/h1-6,13H,7H2. The fourth-order valence-electron chi connectivity index (χ4n) is 1.21. The first-order valence-corrected chi connectivity index (χ1v) is 4.06. The van der Waals surface area contributed by atoms with Crippen LogP contribution in [-0.2, 0) is 6.42 Å². The second-order valence-corrected chi connectivity index (χ2v) is 2.83. The minimum absolute atomic E-state index is 0.311. The fraction of sp³-hybridized carbons (Fsp3) is 0.100. The maximum absolute atomic E-state index is 9.46. The van der Waals surface area contributed by atoms with Crippen LogP contribution in [0.3, 0.4) is 0 Å². The van der Waals surface area contributed by atoms with Gasteiger partial charge in [-0.15, -0.1) is 0 Å².